The minimum absolute atomic E-state index is 0.0653. The summed E-state index contributed by atoms with van der Waals surface area (Å²) in [5.74, 6) is -2.59. The second-order valence-corrected chi connectivity index (χ2v) is 8.79. The number of benzene rings is 2. The van der Waals surface area contributed by atoms with Crippen LogP contribution in [-0.2, 0) is 19.1 Å². The van der Waals surface area contributed by atoms with Gasteiger partial charge in [0.05, 0.1) is 25.2 Å². The van der Waals surface area contributed by atoms with E-state index < -0.39 is 36.0 Å². The monoisotopic (exact) mass is 452 g/mol. The zero-order chi connectivity index (χ0) is 23.5. The molecule has 8 nitrogen and oxygen atoms in total. The van der Waals surface area contributed by atoms with E-state index in [2.05, 4.69) is 22.8 Å². The molecule has 2 aromatic rings. The van der Waals surface area contributed by atoms with E-state index in [-0.39, 0.29) is 31.7 Å². The van der Waals surface area contributed by atoms with Crippen molar-refractivity contribution in [3.8, 4) is 11.1 Å². The molecule has 174 valence electrons. The molecule has 1 heterocycles. The summed E-state index contributed by atoms with van der Waals surface area (Å²) in [5.41, 5.74) is 4.50. The van der Waals surface area contributed by atoms with Crippen LogP contribution in [0.5, 0.6) is 0 Å². The summed E-state index contributed by atoms with van der Waals surface area (Å²) in [7, 11) is 0. The lowest BCUT2D eigenvalue weighted by Crippen LogP contribution is -2.51. The Kier molecular flexibility index (Phi) is 6.65. The maximum atomic E-state index is 12.7. The van der Waals surface area contributed by atoms with Gasteiger partial charge in [0, 0.05) is 5.92 Å². The fourth-order valence-corrected chi connectivity index (χ4v) is 4.52. The van der Waals surface area contributed by atoms with Crippen LogP contribution in [0.25, 0.3) is 11.1 Å². The normalized spacial score (nSPS) is 20.1. The van der Waals surface area contributed by atoms with Gasteiger partial charge in [-0.1, -0.05) is 62.4 Å². The van der Waals surface area contributed by atoms with Gasteiger partial charge in [-0.25, -0.2) is 9.59 Å². The van der Waals surface area contributed by atoms with Gasteiger partial charge >= 0.3 is 12.1 Å². The Morgan fingerprint density at radius 3 is 2.21 bits per heavy atom. The number of nitrogens with one attached hydrogen (secondary N) is 2. The van der Waals surface area contributed by atoms with Gasteiger partial charge < -0.3 is 25.2 Å². The van der Waals surface area contributed by atoms with Crippen LogP contribution < -0.4 is 10.6 Å². The molecule has 3 atom stereocenters. The lowest BCUT2D eigenvalue weighted by atomic mass is 9.98. The van der Waals surface area contributed by atoms with Crippen LogP contribution in [0.3, 0.4) is 0 Å². The number of carboxylic acid groups (broad SMARTS) is 1. The molecule has 1 aliphatic heterocycles. The largest absolute Gasteiger partial charge is 0.480 e. The Hall–Kier alpha value is -3.39. The van der Waals surface area contributed by atoms with Gasteiger partial charge in [0.1, 0.15) is 12.6 Å². The zero-order valence-electron chi connectivity index (χ0n) is 18.6. The van der Waals surface area contributed by atoms with Crippen LogP contribution in [0.1, 0.15) is 30.9 Å². The molecule has 0 bridgehead atoms. The van der Waals surface area contributed by atoms with E-state index >= 15 is 0 Å². The summed E-state index contributed by atoms with van der Waals surface area (Å²) in [6, 6.07) is 14.5. The first-order valence-corrected chi connectivity index (χ1v) is 11.1. The van der Waals surface area contributed by atoms with Crippen LogP contribution in [0.4, 0.5) is 4.79 Å². The number of rotatable bonds is 7. The number of fused-ring (bicyclic) bond motifs is 3. The van der Waals surface area contributed by atoms with Gasteiger partial charge in [-0.3, -0.25) is 4.79 Å². The van der Waals surface area contributed by atoms with Gasteiger partial charge in [0.25, 0.3) is 0 Å². The molecule has 0 radical (unpaired) electrons. The Morgan fingerprint density at radius 2 is 1.64 bits per heavy atom. The number of aliphatic carboxylic acids is 1. The molecular formula is C25H28N2O6. The number of carboxylic acids is 1. The summed E-state index contributed by atoms with van der Waals surface area (Å²) in [4.78, 5) is 36.6. The van der Waals surface area contributed by atoms with E-state index in [0.717, 1.165) is 22.3 Å². The number of carbonyl (C=O) groups is 3. The first-order chi connectivity index (χ1) is 15.9. The van der Waals surface area contributed by atoms with Crippen LogP contribution >= 0.6 is 0 Å². The lowest BCUT2D eigenvalue weighted by Gasteiger charge is -2.23. The summed E-state index contributed by atoms with van der Waals surface area (Å²) < 4.78 is 10.9. The molecular weight excluding hydrogens is 424 g/mol. The zero-order valence-corrected chi connectivity index (χ0v) is 18.6. The first-order valence-electron chi connectivity index (χ1n) is 11.1. The van der Waals surface area contributed by atoms with Crippen molar-refractivity contribution >= 4 is 18.0 Å². The first kappa shape index (κ1) is 22.8. The van der Waals surface area contributed by atoms with Gasteiger partial charge in [-0.05, 0) is 28.2 Å². The van der Waals surface area contributed by atoms with Gasteiger partial charge in [0.15, 0.2) is 0 Å². The maximum Gasteiger partial charge on any atom is 0.407 e. The maximum absolute atomic E-state index is 12.7. The topological polar surface area (TPSA) is 114 Å². The van der Waals surface area contributed by atoms with Crippen molar-refractivity contribution in [2.45, 2.75) is 31.8 Å². The molecule has 3 N–H and O–H groups in total. The number of carbonyl (C=O) groups excluding carboxylic acids is 2. The standard InChI is InChI=1S/C25H28N2O6/c1-14(2)22(24(29)30)27-23(28)20-11-32-13-21(20)26-25(31)33-12-19-17-9-5-3-7-15(17)16-8-4-6-10-18(16)19/h3-10,14,19-22H,11-13H2,1-2H3,(H,26,31)(H,27,28)(H,29,30)/t20?,21?,22-/m1/s1. The third-order valence-electron chi connectivity index (χ3n) is 6.29. The molecule has 8 heteroatoms. The molecule has 1 fully saturated rings. The molecule has 1 saturated heterocycles. The highest BCUT2D eigenvalue weighted by Crippen LogP contribution is 2.44. The van der Waals surface area contributed by atoms with Crippen molar-refractivity contribution in [2.24, 2.45) is 11.8 Å². The third kappa shape index (κ3) is 4.71. The Labute approximate surface area is 192 Å². The number of ether oxygens (including phenoxy) is 2. The Bertz CT molecular complexity index is 1010. The SMILES string of the molecule is CC(C)[C@@H](NC(=O)C1COCC1NC(=O)OCC1c2ccccc2-c2ccccc21)C(=O)O. The number of hydrogen-bond acceptors (Lipinski definition) is 5. The predicted octanol–water partition coefficient (Wildman–Crippen LogP) is 2.77. The Balaban J connectivity index is 1.37. The minimum atomic E-state index is -1.10. The molecule has 33 heavy (non-hydrogen) atoms. The predicted molar refractivity (Wildman–Crippen MR) is 121 cm³/mol. The van der Waals surface area contributed by atoms with Crippen LogP contribution in [0.15, 0.2) is 48.5 Å². The molecule has 2 aromatic carbocycles. The van der Waals surface area contributed by atoms with Crippen molar-refractivity contribution < 1.29 is 29.0 Å². The number of alkyl carbamates (subject to hydrolysis) is 1. The van der Waals surface area contributed by atoms with Crippen molar-refractivity contribution in [3.05, 3.63) is 59.7 Å². The van der Waals surface area contributed by atoms with Gasteiger partial charge in [-0.2, -0.15) is 0 Å². The summed E-state index contributed by atoms with van der Waals surface area (Å²) >= 11 is 0. The fraction of sp³-hybridized carbons (Fsp3) is 0.400. The third-order valence-corrected chi connectivity index (χ3v) is 6.29. The average molecular weight is 453 g/mol. The molecule has 4 rings (SSSR count). The lowest BCUT2D eigenvalue weighted by molar-refractivity contribution is -0.143. The number of amides is 2. The van der Waals surface area contributed by atoms with Gasteiger partial charge in [0.2, 0.25) is 5.91 Å². The summed E-state index contributed by atoms with van der Waals surface area (Å²) in [6.45, 7) is 3.86. The van der Waals surface area contributed by atoms with Crippen molar-refractivity contribution in [1.82, 2.24) is 10.6 Å². The molecule has 0 aromatic heterocycles. The van der Waals surface area contributed by atoms with Crippen LogP contribution in [-0.4, -0.2) is 55.0 Å². The average Bonchev–Trinajstić information content (AvgIpc) is 3.38. The highest BCUT2D eigenvalue weighted by Gasteiger charge is 2.38. The Morgan fingerprint density at radius 1 is 1.03 bits per heavy atom. The van der Waals surface area contributed by atoms with E-state index in [1.807, 2.05) is 36.4 Å². The second kappa shape index (κ2) is 9.62. The molecule has 2 amide bonds. The molecule has 2 aliphatic rings. The van der Waals surface area contributed by atoms with Crippen molar-refractivity contribution in [2.75, 3.05) is 19.8 Å². The van der Waals surface area contributed by atoms with E-state index in [9.17, 15) is 19.5 Å². The second-order valence-electron chi connectivity index (χ2n) is 8.79. The summed E-state index contributed by atoms with van der Waals surface area (Å²) in [5, 5.41) is 14.6. The smallest absolute Gasteiger partial charge is 0.407 e. The quantitative estimate of drug-likeness (QED) is 0.595. The van der Waals surface area contributed by atoms with Crippen molar-refractivity contribution in [1.29, 1.82) is 0 Å². The molecule has 0 spiro atoms. The number of hydrogen-bond donors (Lipinski definition) is 3. The highest BCUT2D eigenvalue weighted by atomic mass is 16.5. The molecule has 1 aliphatic carbocycles. The van der Waals surface area contributed by atoms with Gasteiger partial charge in [-0.15, -0.1) is 0 Å². The van der Waals surface area contributed by atoms with Crippen LogP contribution in [0, 0.1) is 11.8 Å². The molecule has 0 saturated carbocycles. The highest BCUT2D eigenvalue weighted by molar-refractivity contribution is 5.86. The van der Waals surface area contributed by atoms with Crippen LogP contribution in [0.2, 0.25) is 0 Å². The van der Waals surface area contributed by atoms with E-state index in [4.69, 9.17) is 9.47 Å². The summed E-state index contributed by atoms with van der Waals surface area (Å²) in [6.07, 6.45) is -0.635. The van der Waals surface area contributed by atoms with Crippen molar-refractivity contribution in [3.63, 3.8) is 0 Å². The molecule has 2 unspecified atom stereocenters. The van der Waals surface area contributed by atoms with E-state index in [1.54, 1.807) is 13.8 Å². The van der Waals surface area contributed by atoms with E-state index in [0.29, 0.717) is 0 Å². The fourth-order valence-electron chi connectivity index (χ4n) is 4.52. The van der Waals surface area contributed by atoms with E-state index in [1.165, 1.54) is 0 Å². The minimum Gasteiger partial charge on any atom is -0.480 e.